The van der Waals surface area contributed by atoms with Crippen LogP contribution in [0.25, 0.3) is 0 Å². The zero-order valence-corrected chi connectivity index (χ0v) is 11.6. The Hall–Kier alpha value is -0.340. The van der Waals surface area contributed by atoms with E-state index in [0.29, 0.717) is 11.5 Å². The lowest BCUT2D eigenvalue weighted by Crippen LogP contribution is -2.41. The third-order valence-electron chi connectivity index (χ3n) is 4.94. The first-order valence-corrected chi connectivity index (χ1v) is 8.01. The molecule has 0 saturated heterocycles. The first-order chi connectivity index (χ1) is 8.33. The van der Waals surface area contributed by atoms with E-state index in [-0.39, 0.29) is 0 Å². The van der Waals surface area contributed by atoms with E-state index < -0.39 is 0 Å². The molecule has 1 aromatic heterocycles. The van der Waals surface area contributed by atoms with E-state index in [2.05, 4.69) is 23.7 Å². The maximum atomic E-state index is 3.86. The lowest BCUT2D eigenvalue weighted by Gasteiger charge is -2.43. The standard InChI is InChI=1S/C15H23NS/c1-2-15(8-4-9-15)11-16-13-5-3-6-14-12(13)7-10-17-14/h7,10,13,16H,2-6,8-9,11H2,1H3. The van der Waals surface area contributed by atoms with Gasteiger partial charge in [-0.15, -0.1) is 11.3 Å². The van der Waals surface area contributed by atoms with Crippen molar-refractivity contribution < 1.29 is 0 Å². The highest BCUT2D eigenvalue weighted by atomic mass is 32.1. The van der Waals surface area contributed by atoms with Crippen LogP contribution in [-0.4, -0.2) is 6.54 Å². The average molecular weight is 249 g/mol. The minimum atomic E-state index is 0.646. The van der Waals surface area contributed by atoms with Gasteiger partial charge in [-0.05, 0) is 60.9 Å². The van der Waals surface area contributed by atoms with Crippen LogP contribution in [0.2, 0.25) is 0 Å². The Kier molecular flexibility index (Phi) is 3.27. The summed E-state index contributed by atoms with van der Waals surface area (Å²) >= 11 is 1.95. The molecule has 94 valence electrons. The molecule has 1 nitrogen and oxygen atoms in total. The number of fused-ring (bicyclic) bond motifs is 1. The molecule has 0 amide bonds. The van der Waals surface area contributed by atoms with Gasteiger partial charge in [0.25, 0.3) is 0 Å². The van der Waals surface area contributed by atoms with Gasteiger partial charge in [0.2, 0.25) is 0 Å². The molecule has 1 heterocycles. The summed E-state index contributed by atoms with van der Waals surface area (Å²) in [6, 6.07) is 2.99. The maximum absolute atomic E-state index is 3.86. The fourth-order valence-corrected chi connectivity index (χ4v) is 4.36. The SMILES string of the molecule is CCC1(CNC2CCCc3sccc32)CCC1. The van der Waals surface area contributed by atoms with Gasteiger partial charge >= 0.3 is 0 Å². The van der Waals surface area contributed by atoms with Gasteiger partial charge in [0.05, 0.1) is 0 Å². The maximum Gasteiger partial charge on any atom is 0.0331 e. The molecule has 1 N–H and O–H groups in total. The van der Waals surface area contributed by atoms with Gasteiger partial charge in [-0.25, -0.2) is 0 Å². The van der Waals surface area contributed by atoms with Crippen molar-refractivity contribution in [1.82, 2.24) is 5.32 Å². The summed E-state index contributed by atoms with van der Waals surface area (Å²) in [6.07, 6.45) is 9.70. The molecule has 1 unspecified atom stereocenters. The highest BCUT2D eigenvalue weighted by molar-refractivity contribution is 7.10. The Bertz CT molecular complexity index is 373. The van der Waals surface area contributed by atoms with Crippen molar-refractivity contribution in [1.29, 1.82) is 0 Å². The minimum absolute atomic E-state index is 0.646. The second kappa shape index (κ2) is 4.74. The van der Waals surface area contributed by atoms with Crippen molar-refractivity contribution in [3.05, 3.63) is 21.9 Å². The second-order valence-corrected chi connectivity index (χ2v) is 6.83. The van der Waals surface area contributed by atoms with E-state index in [0.717, 1.165) is 0 Å². The van der Waals surface area contributed by atoms with Gasteiger partial charge in [-0.1, -0.05) is 13.3 Å². The third kappa shape index (κ3) is 2.17. The van der Waals surface area contributed by atoms with E-state index in [4.69, 9.17) is 0 Å². The normalized spacial score (nSPS) is 26.3. The minimum Gasteiger partial charge on any atom is -0.309 e. The molecule has 1 fully saturated rings. The summed E-state index contributed by atoms with van der Waals surface area (Å²) in [5, 5.41) is 6.13. The summed E-state index contributed by atoms with van der Waals surface area (Å²) in [7, 11) is 0. The van der Waals surface area contributed by atoms with Crippen molar-refractivity contribution in [2.45, 2.75) is 57.9 Å². The molecule has 3 rings (SSSR count). The van der Waals surface area contributed by atoms with E-state index in [9.17, 15) is 0 Å². The first-order valence-electron chi connectivity index (χ1n) is 7.13. The van der Waals surface area contributed by atoms with Gasteiger partial charge in [-0.3, -0.25) is 0 Å². The highest BCUT2D eigenvalue weighted by Gasteiger charge is 2.35. The highest BCUT2D eigenvalue weighted by Crippen LogP contribution is 2.44. The number of rotatable bonds is 4. The van der Waals surface area contributed by atoms with Gasteiger partial charge in [0.15, 0.2) is 0 Å². The van der Waals surface area contributed by atoms with Crippen LogP contribution in [-0.2, 0) is 6.42 Å². The lowest BCUT2D eigenvalue weighted by molar-refractivity contribution is 0.117. The summed E-state index contributed by atoms with van der Waals surface area (Å²) in [5.41, 5.74) is 2.25. The van der Waals surface area contributed by atoms with Crippen molar-refractivity contribution in [3.63, 3.8) is 0 Å². The second-order valence-electron chi connectivity index (χ2n) is 5.83. The zero-order valence-electron chi connectivity index (χ0n) is 10.8. The van der Waals surface area contributed by atoms with E-state index in [1.807, 2.05) is 11.3 Å². The Morgan fingerprint density at radius 2 is 2.29 bits per heavy atom. The van der Waals surface area contributed by atoms with Crippen LogP contribution in [0.5, 0.6) is 0 Å². The third-order valence-corrected chi connectivity index (χ3v) is 5.94. The van der Waals surface area contributed by atoms with E-state index >= 15 is 0 Å². The Morgan fingerprint density at radius 1 is 1.41 bits per heavy atom. The molecule has 0 spiro atoms. The number of hydrogen-bond donors (Lipinski definition) is 1. The molecule has 17 heavy (non-hydrogen) atoms. The predicted octanol–water partition coefficient (Wildman–Crippen LogP) is 4.30. The van der Waals surface area contributed by atoms with Crippen LogP contribution >= 0.6 is 11.3 Å². The molecule has 2 aliphatic carbocycles. The van der Waals surface area contributed by atoms with E-state index in [1.165, 1.54) is 51.5 Å². The molecule has 1 saturated carbocycles. The van der Waals surface area contributed by atoms with Crippen molar-refractivity contribution in [2.24, 2.45) is 5.41 Å². The fourth-order valence-electron chi connectivity index (χ4n) is 3.37. The summed E-state index contributed by atoms with van der Waals surface area (Å²) in [4.78, 5) is 1.63. The Morgan fingerprint density at radius 3 is 3.00 bits per heavy atom. The quantitative estimate of drug-likeness (QED) is 0.839. The molecule has 0 aromatic carbocycles. The monoisotopic (exact) mass is 249 g/mol. The molecule has 1 atom stereocenters. The van der Waals surface area contributed by atoms with Crippen molar-refractivity contribution >= 4 is 11.3 Å². The van der Waals surface area contributed by atoms with Crippen LogP contribution in [0.1, 0.15) is 61.9 Å². The van der Waals surface area contributed by atoms with Gasteiger partial charge in [-0.2, -0.15) is 0 Å². The number of aryl methyl sites for hydroxylation is 1. The summed E-state index contributed by atoms with van der Waals surface area (Å²) in [5.74, 6) is 0. The predicted molar refractivity (Wildman–Crippen MR) is 74.6 cm³/mol. The largest absolute Gasteiger partial charge is 0.309 e. The lowest BCUT2D eigenvalue weighted by atomic mass is 9.67. The van der Waals surface area contributed by atoms with Gasteiger partial charge < -0.3 is 5.32 Å². The molecule has 0 aliphatic heterocycles. The van der Waals surface area contributed by atoms with Crippen molar-refractivity contribution in [3.8, 4) is 0 Å². The number of thiophene rings is 1. The summed E-state index contributed by atoms with van der Waals surface area (Å²) < 4.78 is 0. The molecule has 1 aromatic rings. The van der Waals surface area contributed by atoms with Gasteiger partial charge in [0.1, 0.15) is 0 Å². The van der Waals surface area contributed by atoms with E-state index in [1.54, 1.807) is 10.4 Å². The first kappa shape index (κ1) is 11.7. The molecule has 2 heteroatoms. The van der Waals surface area contributed by atoms with Gasteiger partial charge in [0, 0.05) is 17.5 Å². The number of nitrogens with one attached hydrogen (secondary N) is 1. The smallest absolute Gasteiger partial charge is 0.0331 e. The molecule has 0 bridgehead atoms. The zero-order chi connectivity index (χ0) is 11.7. The molecule has 0 radical (unpaired) electrons. The summed E-state index contributed by atoms with van der Waals surface area (Å²) in [6.45, 7) is 3.60. The Balaban J connectivity index is 1.63. The van der Waals surface area contributed by atoms with Crippen LogP contribution in [0, 0.1) is 5.41 Å². The molecular weight excluding hydrogens is 226 g/mol. The van der Waals surface area contributed by atoms with Crippen LogP contribution < -0.4 is 5.32 Å². The molecular formula is C15H23NS. The molecule has 2 aliphatic rings. The van der Waals surface area contributed by atoms with Crippen LogP contribution in [0.4, 0.5) is 0 Å². The van der Waals surface area contributed by atoms with Crippen LogP contribution in [0.15, 0.2) is 11.4 Å². The van der Waals surface area contributed by atoms with Crippen LogP contribution in [0.3, 0.4) is 0 Å². The number of hydrogen-bond acceptors (Lipinski definition) is 2. The Labute approximate surface area is 109 Å². The fraction of sp³-hybridized carbons (Fsp3) is 0.733. The average Bonchev–Trinajstić information content (AvgIpc) is 2.77. The van der Waals surface area contributed by atoms with Crippen molar-refractivity contribution in [2.75, 3.05) is 6.54 Å². The topological polar surface area (TPSA) is 12.0 Å².